The van der Waals surface area contributed by atoms with Crippen molar-refractivity contribution in [3.63, 3.8) is 0 Å². The number of anilines is 1. The number of carbonyl (C=O) groups excluding carboxylic acids is 1. The molecule has 0 saturated carbocycles. The van der Waals surface area contributed by atoms with Gasteiger partial charge in [-0.2, -0.15) is 4.98 Å². The summed E-state index contributed by atoms with van der Waals surface area (Å²) >= 11 is 0. The molecule has 9 nitrogen and oxygen atoms in total. The van der Waals surface area contributed by atoms with E-state index >= 15 is 0 Å². The van der Waals surface area contributed by atoms with Crippen LogP contribution in [0.4, 0.5) is 10.7 Å². The van der Waals surface area contributed by atoms with Crippen molar-refractivity contribution in [2.24, 2.45) is 0 Å². The zero-order valence-electron chi connectivity index (χ0n) is 15.9. The Morgan fingerprint density at radius 3 is 2.69 bits per heavy atom. The Kier molecular flexibility index (Phi) is 5.89. The molecule has 1 saturated heterocycles. The number of likely N-dealkylation sites (N-methyl/N-ethyl adjacent to an activating group) is 1. The van der Waals surface area contributed by atoms with Gasteiger partial charge in [-0.05, 0) is 34.1 Å². The summed E-state index contributed by atoms with van der Waals surface area (Å²) in [5.74, 6) is -0.698. The number of hydrogen-bond donors (Lipinski definition) is 1. The molecule has 2 heterocycles. The van der Waals surface area contributed by atoms with E-state index in [4.69, 9.17) is 9.47 Å². The fraction of sp³-hybridized carbons (Fsp3) is 0.647. The molecule has 1 aromatic rings. The molecular formula is C17H26N4O5. The van der Waals surface area contributed by atoms with Crippen molar-refractivity contribution >= 4 is 18.0 Å². The lowest BCUT2D eigenvalue weighted by atomic mass is 10.2. The van der Waals surface area contributed by atoms with E-state index in [0.29, 0.717) is 25.6 Å². The molecule has 1 atom stereocenters. The smallest absolute Gasteiger partial charge is 0.410 e. The summed E-state index contributed by atoms with van der Waals surface area (Å²) in [6, 6.07) is -0.0388. The second-order valence-corrected chi connectivity index (χ2v) is 7.11. The highest BCUT2D eigenvalue weighted by atomic mass is 16.6. The first kappa shape index (κ1) is 19.7. The van der Waals surface area contributed by atoms with Crippen LogP contribution >= 0.6 is 0 Å². The van der Waals surface area contributed by atoms with E-state index in [1.807, 2.05) is 25.7 Å². The molecule has 2 rings (SSSR count). The SMILES string of the molecule is CCOc1nc(N2CCC(N(C)C(=O)OC(C)(C)C)C2)ncc1C(=O)O. The lowest BCUT2D eigenvalue weighted by Gasteiger charge is -2.28. The molecule has 26 heavy (non-hydrogen) atoms. The molecule has 0 aliphatic carbocycles. The summed E-state index contributed by atoms with van der Waals surface area (Å²) in [4.78, 5) is 35.3. The van der Waals surface area contributed by atoms with E-state index in [1.165, 1.54) is 6.20 Å². The minimum atomic E-state index is -1.14. The normalized spacial score (nSPS) is 17.1. The van der Waals surface area contributed by atoms with Crippen LogP contribution in [-0.2, 0) is 4.74 Å². The molecule has 1 amide bonds. The number of nitrogens with zero attached hydrogens (tertiary/aromatic N) is 4. The van der Waals surface area contributed by atoms with Crippen molar-refractivity contribution in [3.8, 4) is 5.88 Å². The van der Waals surface area contributed by atoms with Crippen LogP contribution in [0.2, 0.25) is 0 Å². The van der Waals surface area contributed by atoms with Gasteiger partial charge in [0.15, 0.2) is 0 Å². The summed E-state index contributed by atoms with van der Waals surface area (Å²) in [5, 5.41) is 9.19. The molecule has 9 heteroatoms. The van der Waals surface area contributed by atoms with Gasteiger partial charge in [0.25, 0.3) is 0 Å². The molecular weight excluding hydrogens is 340 g/mol. The molecule has 0 aromatic carbocycles. The second-order valence-electron chi connectivity index (χ2n) is 7.11. The Bertz CT molecular complexity index is 674. The minimum Gasteiger partial charge on any atom is -0.477 e. The number of ether oxygens (including phenoxy) is 2. The van der Waals surface area contributed by atoms with Crippen molar-refractivity contribution in [2.45, 2.75) is 45.8 Å². The average Bonchev–Trinajstić information content (AvgIpc) is 3.02. The third kappa shape index (κ3) is 4.74. The monoisotopic (exact) mass is 366 g/mol. The largest absolute Gasteiger partial charge is 0.477 e. The van der Waals surface area contributed by atoms with Crippen LogP contribution in [0.5, 0.6) is 5.88 Å². The van der Waals surface area contributed by atoms with Gasteiger partial charge >= 0.3 is 12.1 Å². The summed E-state index contributed by atoms with van der Waals surface area (Å²) in [6.45, 7) is 8.73. The van der Waals surface area contributed by atoms with E-state index in [1.54, 1.807) is 18.9 Å². The lowest BCUT2D eigenvalue weighted by molar-refractivity contribution is 0.0237. The third-order valence-corrected chi connectivity index (χ3v) is 3.93. The van der Waals surface area contributed by atoms with Crippen LogP contribution in [0, 0.1) is 0 Å². The highest BCUT2D eigenvalue weighted by Gasteiger charge is 2.32. The number of carboxylic acids is 1. The predicted octanol–water partition coefficient (Wildman–Crippen LogP) is 2.02. The molecule has 1 N–H and O–H groups in total. The number of amides is 1. The molecule has 1 aromatic heterocycles. The lowest BCUT2D eigenvalue weighted by Crippen LogP contribution is -2.42. The number of aromatic nitrogens is 2. The van der Waals surface area contributed by atoms with Crippen LogP contribution in [-0.4, -0.2) is 70.4 Å². The number of carboxylic acid groups (broad SMARTS) is 1. The van der Waals surface area contributed by atoms with Crippen LogP contribution < -0.4 is 9.64 Å². The molecule has 1 fully saturated rings. The highest BCUT2D eigenvalue weighted by molar-refractivity contribution is 5.89. The summed E-state index contributed by atoms with van der Waals surface area (Å²) < 4.78 is 10.7. The zero-order chi connectivity index (χ0) is 19.5. The molecule has 1 unspecified atom stereocenters. The van der Waals surface area contributed by atoms with Crippen LogP contribution in [0.1, 0.15) is 44.5 Å². The van der Waals surface area contributed by atoms with Gasteiger partial charge in [-0.25, -0.2) is 14.6 Å². The van der Waals surface area contributed by atoms with E-state index in [9.17, 15) is 14.7 Å². The van der Waals surface area contributed by atoms with Gasteiger partial charge in [-0.15, -0.1) is 0 Å². The minimum absolute atomic E-state index is 0.0388. The van der Waals surface area contributed by atoms with Gasteiger partial charge in [0, 0.05) is 20.1 Å². The maximum atomic E-state index is 12.2. The zero-order valence-corrected chi connectivity index (χ0v) is 15.9. The standard InChI is InChI=1S/C17H26N4O5/c1-6-25-13-12(14(22)23)9-18-15(19-13)21-8-7-11(10-21)20(5)16(24)26-17(2,3)4/h9,11H,6-8,10H2,1-5H3,(H,22,23). The van der Waals surface area contributed by atoms with E-state index in [0.717, 1.165) is 6.42 Å². The molecule has 1 aliphatic heterocycles. The van der Waals surface area contributed by atoms with Crippen LogP contribution in [0.25, 0.3) is 0 Å². The number of aromatic carboxylic acids is 1. The maximum Gasteiger partial charge on any atom is 0.410 e. The molecule has 0 spiro atoms. The molecule has 0 bridgehead atoms. The van der Waals surface area contributed by atoms with Crippen LogP contribution in [0.3, 0.4) is 0 Å². The van der Waals surface area contributed by atoms with Crippen molar-refractivity contribution in [1.82, 2.24) is 14.9 Å². The van der Waals surface area contributed by atoms with E-state index in [-0.39, 0.29) is 23.6 Å². The van der Waals surface area contributed by atoms with Gasteiger partial charge < -0.3 is 24.4 Å². The Labute approximate surface area is 152 Å². The Balaban J connectivity index is 2.09. The summed E-state index contributed by atoms with van der Waals surface area (Å²) in [7, 11) is 1.71. The van der Waals surface area contributed by atoms with Crippen molar-refractivity contribution in [3.05, 3.63) is 11.8 Å². The maximum absolute atomic E-state index is 12.2. The highest BCUT2D eigenvalue weighted by Crippen LogP contribution is 2.24. The topological polar surface area (TPSA) is 105 Å². The first-order valence-corrected chi connectivity index (χ1v) is 8.56. The quantitative estimate of drug-likeness (QED) is 0.844. The number of hydrogen-bond acceptors (Lipinski definition) is 7. The van der Waals surface area contributed by atoms with Gasteiger partial charge in [0.1, 0.15) is 11.2 Å². The molecule has 144 valence electrons. The molecule has 1 aliphatic rings. The van der Waals surface area contributed by atoms with E-state index in [2.05, 4.69) is 9.97 Å². The van der Waals surface area contributed by atoms with E-state index < -0.39 is 11.6 Å². The van der Waals surface area contributed by atoms with Crippen molar-refractivity contribution in [1.29, 1.82) is 0 Å². The fourth-order valence-corrected chi connectivity index (χ4v) is 2.63. The van der Waals surface area contributed by atoms with Gasteiger partial charge in [0.2, 0.25) is 11.8 Å². The van der Waals surface area contributed by atoms with Crippen molar-refractivity contribution < 1.29 is 24.2 Å². The first-order valence-electron chi connectivity index (χ1n) is 8.56. The molecule has 0 radical (unpaired) electrons. The fourth-order valence-electron chi connectivity index (χ4n) is 2.63. The Hall–Kier alpha value is -2.58. The number of rotatable bonds is 5. The van der Waals surface area contributed by atoms with Crippen LogP contribution in [0.15, 0.2) is 6.20 Å². The van der Waals surface area contributed by atoms with Gasteiger partial charge in [0.05, 0.1) is 18.8 Å². The first-order chi connectivity index (χ1) is 12.1. The van der Waals surface area contributed by atoms with Gasteiger partial charge in [-0.3, -0.25) is 0 Å². The number of carbonyl (C=O) groups is 2. The Morgan fingerprint density at radius 2 is 2.12 bits per heavy atom. The average molecular weight is 366 g/mol. The summed E-state index contributed by atoms with van der Waals surface area (Å²) in [6.07, 6.45) is 1.62. The third-order valence-electron chi connectivity index (χ3n) is 3.93. The predicted molar refractivity (Wildman–Crippen MR) is 94.8 cm³/mol. The van der Waals surface area contributed by atoms with Gasteiger partial charge in [-0.1, -0.05) is 0 Å². The second kappa shape index (κ2) is 7.76. The van der Waals surface area contributed by atoms with Crippen molar-refractivity contribution in [2.75, 3.05) is 31.6 Å². The summed E-state index contributed by atoms with van der Waals surface area (Å²) in [5.41, 5.74) is -0.622. The Morgan fingerprint density at radius 1 is 1.42 bits per heavy atom.